The summed E-state index contributed by atoms with van der Waals surface area (Å²) in [5.74, 6) is -3.22. The maximum Gasteiger partial charge on any atom is 0.490 e. The third-order valence-corrected chi connectivity index (χ3v) is 6.45. The molecule has 0 aromatic heterocycles. The highest BCUT2D eigenvalue weighted by molar-refractivity contribution is 7.80. The predicted octanol–water partition coefficient (Wildman–Crippen LogP) is -0.893. The Morgan fingerprint density at radius 1 is 1.20 bits per heavy atom. The van der Waals surface area contributed by atoms with Crippen molar-refractivity contribution >= 4 is 28.3 Å². The number of nitrogens with zero attached hydrogens (tertiary/aromatic N) is 3. The zero-order valence-corrected chi connectivity index (χ0v) is 19.1. The lowest BCUT2D eigenvalue weighted by molar-refractivity contribution is -0.192. The first kappa shape index (κ1) is 27.3. The molecular formula is C17H26F3N5O9S. The van der Waals surface area contributed by atoms with Gasteiger partial charge in [-0.1, -0.05) is 0 Å². The van der Waals surface area contributed by atoms with Crippen molar-refractivity contribution in [1.82, 2.24) is 25.7 Å². The summed E-state index contributed by atoms with van der Waals surface area (Å²) < 4.78 is 66.7. The summed E-state index contributed by atoms with van der Waals surface area (Å²) in [6.45, 7) is 3.67. The largest absolute Gasteiger partial charge is 0.490 e. The number of aliphatic carboxylic acids is 1. The van der Waals surface area contributed by atoms with E-state index in [1.54, 1.807) is 0 Å². The van der Waals surface area contributed by atoms with E-state index >= 15 is 0 Å². The Kier molecular flexibility index (Phi) is 8.43. The molecular weight excluding hydrogens is 507 g/mol. The van der Waals surface area contributed by atoms with E-state index in [1.807, 2.05) is 0 Å². The number of hydrogen-bond acceptors (Lipinski definition) is 9. The molecule has 4 rings (SSSR count). The maximum absolute atomic E-state index is 12.4. The van der Waals surface area contributed by atoms with Crippen molar-refractivity contribution in [1.29, 1.82) is 0 Å². The molecule has 3 amide bonds. The molecule has 0 radical (unpaired) electrons. The molecule has 4 heterocycles. The van der Waals surface area contributed by atoms with E-state index in [-0.39, 0.29) is 12.6 Å². The number of urea groups is 1. The van der Waals surface area contributed by atoms with Crippen LogP contribution in [0.15, 0.2) is 0 Å². The minimum atomic E-state index is -5.08. The molecule has 18 heteroatoms. The van der Waals surface area contributed by atoms with Crippen molar-refractivity contribution in [2.75, 3.05) is 32.8 Å². The van der Waals surface area contributed by atoms with E-state index in [2.05, 4.69) is 20.0 Å². The van der Waals surface area contributed by atoms with Crippen molar-refractivity contribution in [3.05, 3.63) is 0 Å². The van der Waals surface area contributed by atoms with Gasteiger partial charge in [-0.15, -0.1) is 4.28 Å². The number of alkyl halides is 3. The van der Waals surface area contributed by atoms with Crippen LogP contribution in [-0.2, 0) is 29.1 Å². The van der Waals surface area contributed by atoms with Crippen LogP contribution in [0.25, 0.3) is 0 Å². The minimum absolute atomic E-state index is 0.147. The summed E-state index contributed by atoms with van der Waals surface area (Å²) >= 11 is 0. The number of nitrogens with one attached hydrogen (secondary N) is 2. The van der Waals surface area contributed by atoms with Gasteiger partial charge in [0.15, 0.2) is 0 Å². The number of carboxylic acid groups (broad SMARTS) is 1. The van der Waals surface area contributed by atoms with Gasteiger partial charge in [0.1, 0.15) is 6.04 Å². The zero-order valence-electron chi connectivity index (χ0n) is 18.3. The van der Waals surface area contributed by atoms with Crippen molar-refractivity contribution in [3.63, 3.8) is 0 Å². The lowest BCUT2D eigenvalue weighted by atomic mass is 10.0. The number of fused-ring (bicyclic) bond motifs is 2. The van der Waals surface area contributed by atoms with Gasteiger partial charge in [-0.25, -0.2) is 15.1 Å². The van der Waals surface area contributed by atoms with Crippen LogP contribution in [0.4, 0.5) is 18.0 Å². The van der Waals surface area contributed by atoms with Crippen LogP contribution < -0.4 is 10.8 Å². The molecule has 35 heavy (non-hydrogen) atoms. The molecule has 4 fully saturated rings. The number of carbonyl (C=O) groups is 3. The van der Waals surface area contributed by atoms with Gasteiger partial charge in [-0.2, -0.15) is 26.7 Å². The van der Waals surface area contributed by atoms with E-state index in [1.165, 1.54) is 11.3 Å². The van der Waals surface area contributed by atoms with Gasteiger partial charge in [0.05, 0.1) is 12.6 Å². The van der Waals surface area contributed by atoms with E-state index in [0.717, 1.165) is 26.1 Å². The Labute approximate surface area is 198 Å². The Morgan fingerprint density at radius 2 is 1.86 bits per heavy atom. The Bertz CT molecular complexity index is 917. The smallest absolute Gasteiger partial charge is 0.475 e. The highest BCUT2D eigenvalue weighted by atomic mass is 32.3. The van der Waals surface area contributed by atoms with Gasteiger partial charge in [0, 0.05) is 25.2 Å². The Morgan fingerprint density at radius 3 is 2.40 bits per heavy atom. The quantitative estimate of drug-likeness (QED) is 0.236. The van der Waals surface area contributed by atoms with E-state index < -0.39 is 46.6 Å². The topological polar surface area (TPSA) is 178 Å². The van der Waals surface area contributed by atoms with Crippen LogP contribution in [0, 0.1) is 0 Å². The standard InChI is InChI=1S/C15H25N5O7S.C2HF3O2/c21-14(17-26-9-10-6-12(7-16-10)18-4-1-5-18)13-3-2-11-8-19(13)15(22)20(11)27-28(23,24)25;3-2(4,5)1(6)7/h10-13,16H,1-9H2,(H,17,21)(H,23,24,25);(H,6,7)/t10-,11-,12-,13+;/m1./s1. The van der Waals surface area contributed by atoms with Crippen LogP contribution in [-0.4, -0.2) is 114 Å². The third-order valence-electron chi connectivity index (χ3n) is 6.11. The second kappa shape index (κ2) is 10.8. The van der Waals surface area contributed by atoms with Crippen molar-refractivity contribution in [2.24, 2.45) is 0 Å². The molecule has 0 aromatic rings. The molecule has 14 nitrogen and oxygen atoms in total. The molecule has 4 atom stereocenters. The van der Waals surface area contributed by atoms with Gasteiger partial charge < -0.3 is 15.3 Å². The summed E-state index contributed by atoms with van der Waals surface area (Å²) in [5.41, 5.74) is 2.40. The number of piperidine rings is 1. The number of carboxylic acids is 1. The number of carbonyl (C=O) groups excluding carboxylic acids is 2. The number of likely N-dealkylation sites (tertiary alicyclic amines) is 1. The van der Waals surface area contributed by atoms with Gasteiger partial charge in [0.25, 0.3) is 5.91 Å². The monoisotopic (exact) mass is 533 g/mol. The highest BCUT2D eigenvalue weighted by Crippen LogP contribution is 2.30. The fourth-order valence-electron chi connectivity index (χ4n) is 4.29. The third kappa shape index (κ3) is 7.14. The number of rotatable bonds is 7. The Hall–Kier alpha value is -2.25. The lowest BCUT2D eigenvalue weighted by Crippen LogP contribution is -2.50. The SMILES string of the molecule is O=C(NOC[C@H]1C[C@@H](N2CCC2)CN1)[C@@H]1CC[C@@H]2CN1C(=O)N2OS(=O)(=O)O.O=C(O)C(F)(F)F. The summed E-state index contributed by atoms with van der Waals surface area (Å²) in [6, 6.07) is -1.39. The average Bonchev–Trinajstić information content (AvgIpc) is 3.24. The zero-order chi connectivity index (χ0) is 26.0. The molecule has 4 aliphatic rings. The van der Waals surface area contributed by atoms with Crippen LogP contribution in [0.5, 0.6) is 0 Å². The fraction of sp³-hybridized carbons (Fsp3) is 0.824. The first-order valence-corrected chi connectivity index (χ1v) is 12.1. The average molecular weight is 533 g/mol. The fourth-order valence-corrected chi connectivity index (χ4v) is 4.68. The summed E-state index contributed by atoms with van der Waals surface area (Å²) in [6.07, 6.45) is -2.15. The molecule has 2 bridgehead atoms. The molecule has 4 N–H and O–H groups in total. The second-order valence-corrected chi connectivity index (χ2v) is 9.48. The number of halogens is 3. The summed E-state index contributed by atoms with van der Waals surface area (Å²) in [7, 11) is -4.81. The molecule has 4 aliphatic heterocycles. The van der Waals surface area contributed by atoms with E-state index in [0.29, 0.717) is 30.6 Å². The van der Waals surface area contributed by atoms with Crippen molar-refractivity contribution in [2.45, 2.75) is 56.0 Å². The van der Waals surface area contributed by atoms with Crippen LogP contribution >= 0.6 is 0 Å². The molecule has 0 unspecified atom stereocenters. The first-order valence-electron chi connectivity index (χ1n) is 10.7. The summed E-state index contributed by atoms with van der Waals surface area (Å²) in [5, 5.41) is 11.1. The molecule has 4 saturated heterocycles. The van der Waals surface area contributed by atoms with Gasteiger partial charge >= 0.3 is 28.6 Å². The van der Waals surface area contributed by atoms with Crippen LogP contribution in [0.3, 0.4) is 0 Å². The van der Waals surface area contributed by atoms with Crippen LogP contribution in [0.2, 0.25) is 0 Å². The van der Waals surface area contributed by atoms with E-state index in [4.69, 9.17) is 19.3 Å². The number of amides is 3. The Balaban J connectivity index is 0.000000429. The molecule has 0 aromatic carbocycles. The van der Waals surface area contributed by atoms with Crippen molar-refractivity contribution in [3.8, 4) is 0 Å². The number of hydroxylamine groups is 3. The van der Waals surface area contributed by atoms with Gasteiger partial charge in [0.2, 0.25) is 0 Å². The minimum Gasteiger partial charge on any atom is -0.475 e. The van der Waals surface area contributed by atoms with Gasteiger partial charge in [-0.05, 0) is 38.8 Å². The molecule has 0 saturated carbocycles. The normalized spacial score (nSPS) is 28.9. The molecule has 0 aliphatic carbocycles. The first-order chi connectivity index (χ1) is 16.3. The second-order valence-electron chi connectivity index (χ2n) is 8.47. The summed E-state index contributed by atoms with van der Waals surface area (Å²) in [4.78, 5) is 42.7. The maximum atomic E-state index is 12.4. The number of hydrogen-bond donors (Lipinski definition) is 4. The molecule has 200 valence electrons. The van der Waals surface area contributed by atoms with E-state index in [9.17, 15) is 31.2 Å². The lowest BCUT2D eigenvalue weighted by Gasteiger charge is -2.36. The molecule has 0 spiro atoms. The highest BCUT2D eigenvalue weighted by Gasteiger charge is 2.49. The van der Waals surface area contributed by atoms with Gasteiger partial charge in [-0.3, -0.25) is 19.1 Å². The predicted molar refractivity (Wildman–Crippen MR) is 108 cm³/mol. The van der Waals surface area contributed by atoms with Crippen LogP contribution in [0.1, 0.15) is 25.7 Å². The van der Waals surface area contributed by atoms with Crippen molar-refractivity contribution < 1.29 is 54.8 Å².